The monoisotopic (exact) mass is 248 g/mol. The minimum Gasteiger partial charge on any atom is -0.431 e. The van der Waals surface area contributed by atoms with Crippen molar-refractivity contribution < 1.29 is 4.42 Å². The SMILES string of the molecule is CCCC1CCCCCC(c2cccoc2=O)C1. The molecule has 18 heavy (non-hydrogen) atoms. The summed E-state index contributed by atoms with van der Waals surface area (Å²) < 4.78 is 5.02. The molecule has 0 aromatic carbocycles. The van der Waals surface area contributed by atoms with Crippen LogP contribution in [0.25, 0.3) is 0 Å². The Hall–Kier alpha value is -1.05. The van der Waals surface area contributed by atoms with Gasteiger partial charge in [0.15, 0.2) is 0 Å². The summed E-state index contributed by atoms with van der Waals surface area (Å²) in [5.74, 6) is 1.21. The molecule has 2 unspecified atom stereocenters. The second kappa shape index (κ2) is 6.77. The van der Waals surface area contributed by atoms with Crippen molar-refractivity contribution in [2.45, 2.75) is 64.2 Å². The van der Waals surface area contributed by atoms with Crippen molar-refractivity contribution >= 4 is 0 Å². The van der Waals surface area contributed by atoms with E-state index in [2.05, 4.69) is 6.92 Å². The average Bonchev–Trinajstić information content (AvgIpc) is 2.34. The van der Waals surface area contributed by atoms with E-state index in [-0.39, 0.29) is 5.63 Å². The Bertz CT molecular complexity index is 408. The van der Waals surface area contributed by atoms with Gasteiger partial charge in [0.25, 0.3) is 0 Å². The summed E-state index contributed by atoms with van der Waals surface area (Å²) >= 11 is 0. The van der Waals surface area contributed by atoms with Gasteiger partial charge in [-0.05, 0) is 36.8 Å². The van der Waals surface area contributed by atoms with E-state index in [1.54, 1.807) is 0 Å². The third-order valence-corrected chi connectivity index (χ3v) is 4.18. The fourth-order valence-electron chi connectivity index (χ4n) is 3.27. The fourth-order valence-corrected chi connectivity index (χ4v) is 3.27. The van der Waals surface area contributed by atoms with Gasteiger partial charge in [0, 0.05) is 5.56 Å². The van der Waals surface area contributed by atoms with Gasteiger partial charge in [-0.3, -0.25) is 0 Å². The molecule has 2 rings (SSSR count). The highest BCUT2D eigenvalue weighted by Crippen LogP contribution is 2.34. The molecule has 2 heteroatoms. The van der Waals surface area contributed by atoms with Crippen molar-refractivity contribution in [2.24, 2.45) is 5.92 Å². The highest BCUT2D eigenvalue weighted by atomic mass is 16.4. The molecule has 1 saturated carbocycles. The van der Waals surface area contributed by atoms with Crippen molar-refractivity contribution in [1.29, 1.82) is 0 Å². The molecule has 1 aliphatic rings. The van der Waals surface area contributed by atoms with E-state index in [0.29, 0.717) is 5.92 Å². The molecule has 1 aromatic heterocycles. The third-order valence-electron chi connectivity index (χ3n) is 4.18. The Morgan fingerprint density at radius 3 is 2.89 bits per heavy atom. The van der Waals surface area contributed by atoms with Gasteiger partial charge in [-0.1, -0.05) is 45.4 Å². The molecule has 0 spiro atoms. The zero-order valence-electron chi connectivity index (χ0n) is 11.4. The molecular weight excluding hydrogens is 224 g/mol. The van der Waals surface area contributed by atoms with Crippen LogP contribution in [0.4, 0.5) is 0 Å². The van der Waals surface area contributed by atoms with Crippen LogP contribution in [-0.2, 0) is 0 Å². The Labute approximate surface area is 109 Å². The molecule has 0 aliphatic heterocycles. The van der Waals surface area contributed by atoms with Crippen LogP contribution < -0.4 is 5.63 Å². The van der Waals surface area contributed by atoms with Crippen LogP contribution in [0.2, 0.25) is 0 Å². The van der Waals surface area contributed by atoms with E-state index in [1.807, 2.05) is 12.1 Å². The standard InChI is InChI=1S/C16H24O2/c1-2-7-13-8-4-3-5-9-14(12-13)15-10-6-11-18-16(15)17/h6,10-11,13-14H,2-5,7-9,12H2,1H3. The van der Waals surface area contributed by atoms with Crippen molar-refractivity contribution in [3.63, 3.8) is 0 Å². The maximum absolute atomic E-state index is 11.8. The van der Waals surface area contributed by atoms with E-state index >= 15 is 0 Å². The second-order valence-electron chi connectivity index (χ2n) is 5.58. The summed E-state index contributed by atoms with van der Waals surface area (Å²) in [6, 6.07) is 3.81. The van der Waals surface area contributed by atoms with Crippen LogP contribution in [0.15, 0.2) is 27.6 Å². The summed E-state index contributed by atoms with van der Waals surface area (Å²) in [6.45, 7) is 2.25. The van der Waals surface area contributed by atoms with E-state index in [1.165, 1.54) is 51.2 Å². The zero-order chi connectivity index (χ0) is 12.8. The largest absolute Gasteiger partial charge is 0.431 e. The Balaban J connectivity index is 2.13. The zero-order valence-corrected chi connectivity index (χ0v) is 11.4. The van der Waals surface area contributed by atoms with Crippen LogP contribution in [0.1, 0.15) is 69.8 Å². The number of hydrogen-bond acceptors (Lipinski definition) is 2. The van der Waals surface area contributed by atoms with E-state index in [9.17, 15) is 4.79 Å². The lowest BCUT2D eigenvalue weighted by atomic mass is 9.79. The third kappa shape index (κ3) is 3.47. The van der Waals surface area contributed by atoms with E-state index in [0.717, 1.165) is 17.9 Å². The molecule has 0 bridgehead atoms. The minimum absolute atomic E-state index is 0.127. The van der Waals surface area contributed by atoms with Crippen molar-refractivity contribution in [2.75, 3.05) is 0 Å². The summed E-state index contributed by atoms with van der Waals surface area (Å²) in [5.41, 5.74) is 0.777. The molecule has 0 radical (unpaired) electrons. The summed E-state index contributed by atoms with van der Waals surface area (Å²) in [6.07, 6.45) is 11.6. The number of hydrogen-bond donors (Lipinski definition) is 0. The molecule has 0 N–H and O–H groups in total. The first kappa shape index (κ1) is 13.4. The summed E-state index contributed by atoms with van der Waals surface area (Å²) in [5, 5.41) is 0. The van der Waals surface area contributed by atoms with Gasteiger partial charge < -0.3 is 4.42 Å². The minimum atomic E-state index is -0.127. The van der Waals surface area contributed by atoms with Crippen LogP contribution in [0.5, 0.6) is 0 Å². The lowest BCUT2D eigenvalue weighted by molar-refractivity contribution is 0.323. The molecule has 0 saturated heterocycles. The predicted octanol–water partition coefficient (Wildman–Crippen LogP) is 4.49. The van der Waals surface area contributed by atoms with Crippen molar-refractivity contribution in [1.82, 2.24) is 0 Å². The van der Waals surface area contributed by atoms with Gasteiger partial charge in [-0.2, -0.15) is 0 Å². The van der Waals surface area contributed by atoms with Crippen LogP contribution in [-0.4, -0.2) is 0 Å². The molecule has 1 aromatic rings. The van der Waals surface area contributed by atoms with Crippen LogP contribution in [0.3, 0.4) is 0 Å². The van der Waals surface area contributed by atoms with Crippen molar-refractivity contribution in [3.05, 3.63) is 34.4 Å². The molecule has 1 fully saturated rings. The Morgan fingerprint density at radius 2 is 2.11 bits per heavy atom. The molecular formula is C16H24O2. The maximum Gasteiger partial charge on any atom is 0.339 e. The highest BCUT2D eigenvalue weighted by Gasteiger charge is 2.22. The first-order chi connectivity index (χ1) is 8.81. The second-order valence-corrected chi connectivity index (χ2v) is 5.58. The van der Waals surface area contributed by atoms with E-state index < -0.39 is 0 Å². The molecule has 0 amide bonds. The van der Waals surface area contributed by atoms with Gasteiger partial charge in [0.1, 0.15) is 0 Å². The molecule has 2 atom stereocenters. The van der Waals surface area contributed by atoms with Gasteiger partial charge in [-0.25, -0.2) is 4.79 Å². The predicted molar refractivity (Wildman–Crippen MR) is 73.8 cm³/mol. The molecule has 2 nitrogen and oxygen atoms in total. The molecule has 100 valence electrons. The van der Waals surface area contributed by atoms with Gasteiger partial charge in [0.2, 0.25) is 0 Å². The first-order valence-electron chi connectivity index (χ1n) is 7.39. The summed E-state index contributed by atoms with van der Waals surface area (Å²) in [4.78, 5) is 11.8. The van der Waals surface area contributed by atoms with Gasteiger partial charge in [0.05, 0.1) is 6.26 Å². The average molecular weight is 248 g/mol. The number of rotatable bonds is 3. The van der Waals surface area contributed by atoms with E-state index in [4.69, 9.17) is 4.42 Å². The Morgan fingerprint density at radius 1 is 1.28 bits per heavy atom. The van der Waals surface area contributed by atoms with Crippen molar-refractivity contribution in [3.8, 4) is 0 Å². The lowest BCUT2D eigenvalue weighted by Gasteiger charge is -2.25. The van der Waals surface area contributed by atoms with Gasteiger partial charge >= 0.3 is 5.63 Å². The molecule has 1 heterocycles. The quantitative estimate of drug-likeness (QED) is 0.788. The first-order valence-corrected chi connectivity index (χ1v) is 7.39. The maximum atomic E-state index is 11.8. The topological polar surface area (TPSA) is 30.2 Å². The summed E-state index contributed by atoms with van der Waals surface area (Å²) in [7, 11) is 0. The lowest BCUT2D eigenvalue weighted by Crippen LogP contribution is -2.17. The fraction of sp³-hybridized carbons (Fsp3) is 0.688. The van der Waals surface area contributed by atoms with Crippen LogP contribution >= 0.6 is 0 Å². The Kier molecular flexibility index (Phi) is 5.03. The van der Waals surface area contributed by atoms with Gasteiger partial charge in [-0.15, -0.1) is 0 Å². The molecule has 1 aliphatic carbocycles. The van der Waals surface area contributed by atoms with Crippen LogP contribution in [0, 0.1) is 5.92 Å². The highest BCUT2D eigenvalue weighted by molar-refractivity contribution is 5.13. The normalized spacial score (nSPS) is 25.4. The smallest absolute Gasteiger partial charge is 0.339 e.